The molecule has 0 spiro atoms. The van der Waals surface area contributed by atoms with Gasteiger partial charge in [0.1, 0.15) is 0 Å². The van der Waals surface area contributed by atoms with Gasteiger partial charge in [0.15, 0.2) is 11.5 Å². The average molecular weight is 328 g/mol. The average Bonchev–Trinajstić information content (AvgIpc) is 2.61. The molecule has 126 valence electrons. The highest BCUT2D eigenvalue weighted by Gasteiger charge is 2.24. The Balaban J connectivity index is 1.87. The normalized spacial score (nSPS) is 13.4. The second-order valence-corrected chi connectivity index (χ2v) is 5.82. The first-order chi connectivity index (χ1) is 11.5. The molecule has 1 amide bonds. The number of methoxy groups -OCH3 is 2. The van der Waals surface area contributed by atoms with Crippen LogP contribution in [0.3, 0.4) is 0 Å². The van der Waals surface area contributed by atoms with Crippen molar-refractivity contribution in [1.29, 1.82) is 0 Å². The van der Waals surface area contributed by atoms with E-state index >= 15 is 0 Å². The van der Waals surface area contributed by atoms with Crippen LogP contribution in [-0.4, -0.2) is 36.1 Å². The highest BCUT2D eigenvalue weighted by molar-refractivity contribution is 5.94. The van der Waals surface area contributed by atoms with Gasteiger partial charge in [-0.15, -0.1) is 0 Å². The van der Waals surface area contributed by atoms with E-state index in [2.05, 4.69) is 0 Å². The van der Waals surface area contributed by atoms with Crippen LogP contribution < -0.4 is 15.0 Å². The van der Waals surface area contributed by atoms with E-state index in [9.17, 15) is 9.59 Å². The Morgan fingerprint density at radius 2 is 1.75 bits per heavy atom. The number of carbonyl (C=O) groups is 1. The van der Waals surface area contributed by atoms with Gasteiger partial charge in [-0.1, -0.05) is 0 Å². The predicted molar refractivity (Wildman–Crippen MR) is 89.7 cm³/mol. The molecule has 0 unspecified atom stereocenters. The first-order valence-corrected chi connectivity index (χ1v) is 7.73. The van der Waals surface area contributed by atoms with Crippen LogP contribution in [0.5, 0.6) is 11.5 Å². The zero-order valence-corrected chi connectivity index (χ0v) is 14.0. The minimum atomic E-state index is -0.132. The zero-order chi connectivity index (χ0) is 17.3. The fraction of sp³-hybridized carbons (Fsp3) is 0.333. The van der Waals surface area contributed by atoms with E-state index in [1.807, 2.05) is 12.1 Å². The second kappa shape index (κ2) is 6.39. The fourth-order valence-corrected chi connectivity index (χ4v) is 2.96. The van der Waals surface area contributed by atoms with Crippen molar-refractivity contribution in [3.63, 3.8) is 0 Å². The number of aromatic nitrogens is 1. The molecule has 0 radical (unpaired) electrons. The maximum Gasteiger partial charge on any atom is 0.255 e. The SMILES string of the molecule is COc1cc2c(cc1OC)CN(C(=O)c1ccc(=O)n(C)c1)CC2. The molecule has 3 rings (SSSR count). The van der Waals surface area contributed by atoms with Gasteiger partial charge < -0.3 is 18.9 Å². The van der Waals surface area contributed by atoms with E-state index in [1.54, 1.807) is 38.4 Å². The third-order valence-corrected chi connectivity index (χ3v) is 4.34. The van der Waals surface area contributed by atoms with Crippen molar-refractivity contribution in [2.24, 2.45) is 7.05 Å². The third-order valence-electron chi connectivity index (χ3n) is 4.34. The van der Waals surface area contributed by atoms with Crippen LogP contribution in [0.2, 0.25) is 0 Å². The minimum Gasteiger partial charge on any atom is -0.493 e. The van der Waals surface area contributed by atoms with Crippen LogP contribution in [0.4, 0.5) is 0 Å². The summed E-state index contributed by atoms with van der Waals surface area (Å²) in [5, 5.41) is 0. The molecular formula is C18H20N2O4. The molecule has 0 fully saturated rings. The molecule has 2 heterocycles. The van der Waals surface area contributed by atoms with Gasteiger partial charge in [0.05, 0.1) is 19.8 Å². The molecule has 1 aliphatic rings. The quantitative estimate of drug-likeness (QED) is 0.859. The van der Waals surface area contributed by atoms with Crippen LogP contribution >= 0.6 is 0 Å². The lowest BCUT2D eigenvalue weighted by molar-refractivity contribution is 0.0733. The number of carbonyl (C=O) groups excluding carboxylic acids is 1. The lowest BCUT2D eigenvalue weighted by Gasteiger charge is -2.29. The van der Waals surface area contributed by atoms with Gasteiger partial charge in [-0.2, -0.15) is 0 Å². The number of hydrogen-bond acceptors (Lipinski definition) is 4. The Bertz CT molecular complexity index is 841. The van der Waals surface area contributed by atoms with Crippen molar-refractivity contribution < 1.29 is 14.3 Å². The number of rotatable bonds is 3. The number of hydrogen-bond donors (Lipinski definition) is 0. The summed E-state index contributed by atoms with van der Waals surface area (Å²) in [6, 6.07) is 6.89. The van der Waals surface area contributed by atoms with Crippen LogP contribution in [0.15, 0.2) is 35.3 Å². The smallest absolute Gasteiger partial charge is 0.255 e. The predicted octanol–water partition coefficient (Wildman–Crippen LogP) is 1.60. The van der Waals surface area contributed by atoms with Gasteiger partial charge in [-0.05, 0) is 35.7 Å². The highest BCUT2D eigenvalue weighted by atomic mass is 16.5. The molecule has 0 bridgehead atoms. The van der Waals surface area contributed by atoms with Crippen molar-refractivity contribution in [3.8, 4) is 11.5 Å². The fourth-order valence-electron chi connectivity index (χ4n) is 2.96. The van der Waals surface area contributed by atoms with Crippen molar-refractivity contribution in [2.45, 2.75) is 13.0 Å². The summed E-state index contributed by atoms with van der Waals surface area (Å²) in [5.41, 5.74) is 2.60. The third kappa shape index (κ3) is 2.87. The van der Waals surface area contributed by atoms with Crippen LogP contribution in [0.1, 0.15) is 21.5 Å². The van der Waals surface area contributed by atoms with Crippen LogP contribution in [-0.2, 0) is 20.0 Å². The van der Waals surface area contributed by atoms with E-state index in [4.69, 9.17) is 9.47 Å². The Labute approximate surface area is 140 Å². The summed E-state index contributed by atoms with van der Waals surface area (Å²) < 4.78 is 12.1. The number of pyridine rings is 1. The van der Waals surface area contributed by atoms with Crippen LogP contribution in [0, 0.1) is 0 Å². The standard InChI is InChI=1S/C18H20N2O4/c1-19-10-13(4-5-17(19)21)18(22)20-7-6-12-8-15(23-2)16(24-3)9-14(12)11-20/h4-5,8-10H,6-7,11H2,1-3H3. The minimum absolute atomic E-state index is 0.0777. The van der Waals surface area contributed by atoms with E-state index in [-0.39, 0.29) is 11.5 Å². The van der Waals surface area contributed by atoms with Crippen LogP contribution in [0.25, 0.3) is 0 Å². The summed E-state index contributed by atoms with van der Waals surface area (Å²) in [6.07, 6.45) is 2.34. The lowest BCUT2D eigenvalue weighted by Crippen LogP contribution is -2.36. The monoisotopic (exact) mass is 328 g/mol. The molecule has 1 aromatic heterocycles. The number of fused-ring (bicyclic) bond motifs is 1. The molecular weight excluding hydrogens is 308 g/mol. The van der Waals surface area contributed by atoms with Gasteiger partial charge in [-0.25, -0.2) is 0 Å². The van der Waals surface area contributed by atoms with Gasteiger partial charge in [0.2, 0.25) is 5.56 Å². The maximum absolute atomic E-state index is 12.7. The Morgan fingerprint density at radius 1 is 1.08 bits per heavy atom. The number of aryl methyl sites for hydroxylation is 1. The van der Waals surface area contributed by atoms with Crippen molar-refractivity contribution in [2.75, 3.05) is 20.8 Å². The topological polar surface area (TPSA) is 60.8 Å². The van der Waals surface area contributed by atoms with Gasteiger partial charge in [-0.3, -0.25) is 9.59 Å². The summed E-state index contributed by atoms with van der Waals surface area (Å²) in [7, 11) is 4.85. The molecule has 0 saturated carbocycles. The largest absolute Gasteiger partial charge is 0.493 e. The van der Waals surface area contributed by atoms with E-state index in [0.717, 1.165) is 17.5 Å². The van der Waals surface area contributed by atoms with Gasteiger partial charge in [0.25, 0.3) is 5.91 Å². The van der Waals surface area contributed by atoms with Gasteiger partial charge >= 0.3 is 0 Å². The van der Waals surface area contributed by atoms with E-state index in [0.29, 0.717) is 30.2 Å². The molecule has 0 saturated heterocycles. The maximum atomic E-state index is 12.7. The van der Waals surface area contributed by atoms with Crippen molar-refractivity contribution in [3.05, 3.63) is 57.5 Å². The first-order valence-electron chi connectivity index (χ1n) is 7.73. The summed E-state index contributed by atoms with van der Waals surface area (Å²) in [6.45, 7) is 1.14. The lowest BCUT2D eigenvalue weighted by atomic mass is 9.98. The highest BCUT2D eigenvalue weighted by Crippen LogP contribution is 2.33. The summed E-state index contributed by atoms with van der Waals surface area (Å²) >= 11 is 0. The first kappa shape index (κ1) is 16.1. The summed E-state index contributed by atoms with van der Waals surface area (Å²) in [5.74, 6) is 1.28. The van der Waals surface area contributed by atoms with Crippen molar-refractivity contribution >= 4 is 5.91 Å². The molecule has 24 heavy (non-hydrogen) atoms. The molecule has 0 aliphatic carbocycles. The molecule has 0 N–H and O–H groups in total. The Kier molecular flexibility index (Phi) is 4.29. The molecule has 0 atom stereocenters. The molecule has 6 nitrogen and oxygen atoms in total. The zero-order valence-electron chi connectivity index (χ0n) is 14.0. The number of amides is 1. The number of ether oxygens (including phenoxy) is 2. The summed E-state index contributed by atoms with van der Waals surface area (Å²) in [4.78, 5) is 26.0. The number of nitrogens with zero attached hydrogens (tertiary/aromatic N) is 2. The van der Waals surface area contributed by atoms with E-state index in [1.165, 1.54) is 10.6 Å². The second-order valence-electron chi connectivity index (χ2n) is 5.82. The molecule has 1 aromatic carbocycles. The van der Waals surface area contributed by atoms with E-state index < -0.39 is 0 Å². The molecule has 1 aliphatic heterocycles. The molecule has 6 heteroatoms. The van der Waals surface area contributed by atoms with Gasteiger partial charge in [0, 0.05) is 32.4 Å². The molecule has 2 aromatic rings. The Morgan fingerprint density at radius 3 is 2.38 bits per heavy atom. The number of benzene rings is 1. The Hall–Kier alpha value is -2.76. The van der Waals surface area contributed by atoms with Crippen molar-refractivity contribution in [1.82, 2.24) is 9.47 Å².